The fourth-order valence-corrected chi connectivity index (χ4v) is 4.01. The molecule has 5 heteroatoms. The van der Waals surface area contributed by atoms with E-state index in [1.165, 1.54) is 12.3 Å². The van der Waals surface area contributed by atoms with E-state index in [0.29, 0.717) is 12.1 Å². The molecule has 0 spiro atoms. The number of hydrogen-bond acceptors (Lipinski definition) is 4. The normalized spacial score (nSPS) is 12.8. The first-order chi connectivity index (χ1) is 18.8. The van der Waals surface area contributed by atoms with Crippen LogP contribution in [0.5, 0.6) is 5.75 Å². The minimum Gasteiger partial charge on any atom is -0.477 e. The number of nitrogens with zero attached hydrogens (tertiary/aromatic N) is 1. The lowest BCUT2D eigenvalue weighted by Crippen LogP contribution is -2.24. The van der Waals surface area contributed by atoms with Gasteiger partial charge in [0.05, 0.1) is 5.69 Å². The van der Waals surface area contributed by atoms with Crippen molar-refractivity contribution in [2.75, 3.05) is 0 Å². The van der Waals surface area contributed by atoms with E-state index in [1.807, 2.05) is 32.9 Å². The van der Waals surface area contributed by atoms with Crippen LogP contribution in [-0.4, -0.2) is 22.0 Å². The van der Waals surface area contributed by atoms with Gasteiger partial charge < -0.3 is 9.84 Å². The number of pyridine rings is 1. The van der Waals surface area contributed by atoms with Gasteiger partial charge in [0.2, 0.25) is 0 Å². The van der Waals surface area contributed by atoms with Crippen LogP contribution in [0.4, 0.5) is 0 Å². The minimum atomic E-state index is -1.14. The van der Waals surface area contributed by atoms with Crippen LogP contribution in [0.25, 0.3) is 0 Å². The number of esters is 1. The molecular formula is C34H47NO4. The largest absolute Gasteiger partial charge is 0.477 e. The molecule has 0 radical (unpaired) electrons. The summed E-state index contributed by atoms with van der Waals surface area (Å²) in [6.45, 7) is 8.10. The standard InChI is InChI=1S/C34H47NO4/c1-5-7-8-9-10-11-12-13-14-15-16-17-18-19-20-21-22-23-24-25-30(36)39-29-26-28-35-32(31(29)33(37)38)34(3,4)27-6-2/h7-8,10-11,13-14,16-17,19-20,22-23,26,28H,5-6,9,12,15,18,21,24-25,27H2,1-4H3,(H,37,38)/b8-7-,11-10-,14-13-,17-16-,20-19-,23-22-. The Morgan fingerprint density at radius 1 is 0.821 bits per heavy atom. The Balaban J connectivity index is 2.34. The zero-order chi connectivity index (χ0) is 28.8. The smallest absolute Gasteiger partial charge is 0.341 e. The fraction of sp³-hybridized carbons (Fsp3) is 0.441. The van der Waals surface area contributed by atoms with Gasteiger partial charge in [0.1, 0.15) is 11.3 Å². The van der Waals surface area contributed by atoms with Crippen molar-refractivity contribution in [2.45, 2.75) is 97.3 Å². The Morgan fingerprint density at radius 2 is 1.31 bits per heavy atom. The Bertz CT molecular complexity index is 1040. The van der Waals surface area contributed by atoms with Crippen molar-refractivity contribution in [1.29, 1.82) is 0 Å². The summed E-state index contributed by atoms with van der Waals surface area (Å²) in [4.78, 5) is 28.6. The van der Waals surface area contributed by atoms with Crippen LogP contribution in [0.2, 0.25) is 0 Å². The summed E-state index contributed by atoms with van der Waals surface area (Å²) in [7, 11) is 0. The molecule has 1 aromatic heterocycles. The van der Waals surface area contributed by atoms with Crippen molar-refractivity contribution in [3.8, 4) is 5.75 Å². The van der Waals surface area contributed by atoms with Crippen LogP contribution in [0.1, 0.15) is 108 Å². The van der Waals surface area contributed by atoms with E-state index in [9.17, 15) is 14.7 Å². The van der Waals surface area contributed by atoms with Crippen molar-refractivity contribution in [2.24, 2.45) is 0 Å². The highest BCUT2D eigenvalue weighted by molar-refractivity contribution is 5.93. The summed E-state index contributed by atoms with van der Waals surface area (Å²) in [5.74, 6) is -1.53. The van der Waals surface area contributed by atoms with Gasteiger partial charge in [-0.25, -0.2) is 4.79 Å². The zero-order valence-corrected chi connectivity index (χ0v) is 24.3. The van der Waals surface area contributed by atoms with Gasteiger partial charge >= 0.3 is 11.9 Å². The third-order valence-electron chi connectivity index (χ3n) is 5.98. The molecule has 0 atom stereocenters. The van der Waals surface area contributed by atoms with Crippen molar-refractivity contribution in [3.63, 3.8) is 0 Å². The summed E-state index contributed by atoms with van der Waals surface area (Å²) in [6.07, 6.45) is 35.3. The highest BCUT2D eigenvalue weighted by atomic mass is 16.5. The Labute approximate surface area is 235 Å². The lowest BCUT2D eigenvalue weighted by atomic mass is 9.81. The Morgan fingerprint density at radius 3 is 1.77 bits per heavy atom. The minimum absolute atomic E-state index is 0.0294. The zero-order valence-electron chi connectivity index (χ0n) is 24.3. The van der Waals surface area contributed by atoms with Gasteiger partial charge in [0, 0.05) is 24.1 Å². The highest BCUT2D eigenvalue weighted by Gasteiger charge is 2.30. The molecule has 0 saturated heterocycles. The number of rotatable bonds is 19. The third kappa shape index (κ3) is 14.9. The number of allylic oxidation sites excluding steroid dienone is 12. The Hall–Kier alpha value is -3.47. The second-order valence-corrected chi connectivity index (χ2v) is 9.90. The van der Waals surface area contributed by atoms with Crippen molar-refractivity contribution >= 4 is 11.9 Å². The molecule has 0 aliphatic heterocycles. The number of aromatic carboxylic acids is 1. The molecule has 0 bridgehead atoms. The average Bonchev–Trinajstić information content (AvgIpc) is 2.89. The molecule has 0 amide bonds. The van der Waals surface area contributed by atoms with Gasteiger partial charge in [-0.3, -0.25) is 9.78 Å². The summed E-state index contributed by atoms with van der Waals surface area (Å²) in [6, 6.07) is 1.45. The van der Waals surface area contributed by atoms with E-state index in [-0.39, 0.29) is 17.7 Å². The second kappa shape index (κ2) is 20.5. The molecule has 0 aliphatic carbocycles. The molecule has 1 heterocycles. The molecule has 0 aliphatic rings. The maximum absolute atomic E-state index is 12.4. The molecule has 0 saturated carbocycles. The number of carbonyl (C=O) groups excluding carboxylic acids is 1. The molecule has 1 N–H and O–H groups in total. The number of aromatic nitrogens is 1. The molecule has 5 nitrogen and oxygen atoms in total. The van der Waals surface area contributed by atoms with Gasteiger partial charge in [-0.2, -0.15) is 0 Å². The average molecular weight is 534 g/mol. The van der Waals surface area contributed by atoms with Crippen LogP contribution >= 0.6 is 0 Å². The van der Waals surface area contributed by atoms with E-state index in [2.05, 4.69) is 72.7 Å². The monoisotopic (exact) mass is 533 g/mol. The number of carbonyl (C=O) groups is 2. The van der Waals surface area contributed by atoms with Crippen LogP contribution in [0.3, 0.4) is 0 Å². The first-order valence-electron chi connectivity index (χ1n) is 14.2. The Kier molecular flexibility index (Phi) is 17.6. The first kappa shape index (κ1) is 33.6. The lowest BCUT2D eigenvalue weighted by molar-refractivity contribution is -0.134. The molecule has 1 rings (SSSR count). The van der Waals surface area contributed by atoms with Crippen molar-refractivity contribution in [3.05, 3.63) is 96.4 Å². The maximum Gasteiger partial charge on any atom is 0.341 e. The summed E-state index contributed by atoms with van der Waals surface area (Å²) >= 11 is 0. The van der Waals surface area contributed by atoms with Crippen LogP contribution in [0, 0.1) is 0 Å². The van der Waals surface area contributed by atoms with Gasteiger partial charge in [-0.15, -0.1) is 0 Å². The predicted molar refractivity (Wildman–Crippen MR) is 162 cm³/mol. The van der Waals surface area contributed by atoms with E-state index in [1.54, 1.807) is 0 Å². The maximum atomic E-state index is 12.4. The lowest BCUT2D eigenvalue weighted by Gasteiger charge is -2.25. The highest BCUT2D eigenvalue weighted by Crippen LogP contribution is 2.33. The van der Waals surface area contributed by atoms with E-state index in [4.69, 9.17) is 4.74 Å². The summed E-state index contributed by atoms with van der Waals surface area (Å²) < 4.78 is 5.43. The molecule has 0 aromatic carbocycles. The number of carboxylic acids is 1. The second-order valence-electron chi connectivity index (χ2n) is 9.90. The van der Waals surface area contributed by atoms with Crippen molar-refractivity contribution < 1.29 is 19.4 Å². The van der Waals surface area contributed by atoms with E-state index >= 15 is 0 Å². The van der Waals surface area contributed by atoms with Gasteiger partial charge in [0.25, 0.3) is 0 Å². The number of carboxylic acid groups (broad SMARTS) is 1. The SMILES string of the molecule is CC/C=C\C/C=C\C/C=C\C/C=C\C/C=C\C/C=C\CCC(=O)Oc1ccnc(C(C)(C)CCC)c1C(=O)O. The first-order valence-corrected chi connectivity index (χ1v) is 14.2. The quantitative estimate of drug-likeness (QED) is 0.142. The van der Waals surface area contributed by atoms with Gasteiger partial charge in [0.15, 0.2) is 0 Å². The van der Waals surface area contributed by atoms with Gasteiger partial charge in [-0.05, 0) is 51.4 Å². The van der Waals surface area contributed by atoms with Crippen LogP contribution < -0.4 is 4.74 Å². The van der Waals surface area contributed by atoms with Gasteiger partial charge in [-0.1, -0.05) is 107 Å². The van der Waals surface area contributed by atoms with Crippen molar-refractivity contribution in [1.82, 2.24) is 4.98 Å². The molecule has 39 heavy (non-hydrogen) atoms. The topological polar surface area (TPSA) is 76.5 Å². The fourth-order valence-electron chi connectivity index (χ4n) is 4.01. The van der Waals surface area contributed by atoms with E-state index in [0.717, 1.165) is 51.4 Å². The molecule has 1 aromatic rings. The predicted octanol–water partition coefficient (Wildman–Crippen LogP) is 9.24. The van der Waals surface area contributed by atoms with E-state index < -0.39 is 17.4 Å². The molecule has 212 valence electrons. The van der Waals surface area contributed by atoms with Crippen LogP contribution in [-0.2, 0) is 10.2 Å². The molecular weight excluding hydrogens is 486 g/mol. The summed E-state index contributed by atoms with van der Waals surface area (Å²) in [5.41, 5.74) is -0.0193. The third-order valence-corrected chi connectivity index (χ3v) is 5.98. The molecule has 0 fully saturated rings. The number of hydrogen-bond donors (Lipinski definition) is 1. The molecule has 0 unspecified atom stereocenters. The van der Waals surface area contributed by atoms with Crippen LogP contribution in [0.15, 0.2) is 85.2 Å². The number of ether oxygens (including phenoxy) is 1. The summed E-state index contributed by atoms with van der Waals surface area (Å²) in [5, 5.41) is 9.78.